The van der Waals surface area contributed by atoms with Gasteiger partial charge in [-0.15, -0.1) is 13.2 Å². The van der Waals surface area contributed by atoms with E-state index in [0.717, 1.165) is 12.1 Å². The molecule has 0 aliphatic heterocycles. The summed E-state index contributed by atoms with van der Waals surface area (Å²) in [6.45, 7) is 0. The molecule has 23 heavy (non-hydrogen) atoms. The van der Waals surface area contributed by atoms with E-state index in [1.54, 1.807) is 0 Å². The van der Waals surface area contributed by atoms with E-state index in [2.05, 4.69) is 35.0 Å². The van der Waals surface area contributed by atoms with Crippen LogP contribution in [0.3, 0.4) is 0 Å². The first-order chi connectivity index (χ1) is 10.8. The molecule has 0 saturated heterocycles. The van der Waals surface area contributed by atoms with Crippen molar-refractivity contribution >= 4 is 34.4 Å². The summed E-state index contributed by atoms with van der Waals surface area (Å²) in [6, 6.07) is 3.39. The van der Waals surface area contributed by atoms with Gasteiger partial charge in [0.15, 0.2) is 5.82 Å². The molecule has 8 nitrogen and oxygen atoms in total. The molecule has 2 N–H and O–H groups in total. The summed E-state index contributed by atoms with van der Waals surface area (Å²) in [6.07, 6.45) is -4.86. The van der Waals surface area contributed by atoms with Crippen molar-refractivity contribution in [3.8, 4) is 5.75 Å². The van der Waals surface area contributed by atoms with Gasteiger partial charge in [0.25, 0.3) is 5.56 Å². The average Bonchev–Trinajstić information content (AvgIpc) is 2.88. The van der Waals surface area contributed by atoms with Crippen molar-refractivity contribution < 1.29 is 22.5 Å². The largest absolute Gasteiger partial charge is 0.573 e. The minimum atomic E-state index is -4.86. The van der Waals surface area contributed by atoms with Gasteiger partial charge in [-0.3, -0.25) is 9.78 Å². The van der Waals surface area contributed by atoms with Crippen molar-refractivity contribution in [2.75, 3.05) is 5.32 Å². The van der Waals surface area contributed by atoms with Crippen LogP contribution in [0.1, 0.15) is 0 Å². The van der Waals surface area contributed by atoms with Crippen LogP contribution in [-0.4, -0.2) is 26.6 Å². The zero-order valence-electron chi connectivity index (χ0n) is 10.8. The Balaban J connectivity index is 1.88. The van der Waals surface area contributed by atoms with E-state index < -0.39 is 17.7 Å². The monoisotopic (exact) mass is 347 g/mol. The Kier molecular flexibility index (Phi) is 3.56. The molecule has 0 amide bonds. The normalized spacial score (nSPS) is 11.7. The molecule has 3 rings (SSSR count). The Bertz CT molecular complexity index is 923. The van der Waals surface area contributed by atoms with E-state index >= 15 is 0 Å². The lowest BCUT2D eigenvalue weighted by atomic mass is 10.3. The quantitative estimate of drug-likeness (QED) is 0.750. The third kappa shape index (κ3) is 3.34. The van der Waals surface area contributed by atoms with Crippen molar-refractivity contribution in [2.45, 2.75) is 6.36 Å². The minimum absolute atomic E-state index is 0.0511. The highest BCUT2D eigenvalue weighted by atomic mass is 35.5. The topological polar surface area (TPSA) is 106 Å². The van der Waals surface area contributed by atoms with Crippen LogP contribution in [0.4, 0.5) is 24.7 Å². The maximum atomic E-state index is 12.2. The maximum absolute atomic E-state index is 12.2. The van der Waals surface area contributed by atoms with Crippen LogP contribution >= 0.6 is 11.6 Å². The second kappa shape index (κ2) is 5.43. The number of rotatable bonds is 3. The van der Waals surface area contributed by atoms with Gasteiger partial charge in [0, 0.05) is 5.69 Å². The summed E-state index contributed by atoms with van der Waals surface area (Å²) in [4.78, 5) is 18.0. The third-order valence-electron chi connectivity index (χ3n) is 2.56. The van der Waals surface area contributed by atoms with Crippen molar-refractivity contribution in [3.05, 3.63) is 33.6 Å². The first-order valence-corrected chi connectivity index (χ1v) is 6.24. The van der Waals surface area contributed by atoms with E-state index in [9.17, 15) is 18.0 Å². The molecule has 0 unspecified atom stereocenters. The van der Waals surface area contributed by atoms with Crippen molar-refractivity contribution in [3.63, 3.8) is 0 Å². The van der Waals surface area contributed by atoms with Gasteiger partial charge in [-0.25, -0.2) is 4.63 Å². The number of hydrogen-bond acceptors (Lipinski definition) is 7. The Morgan fingerprint density at radius 2 is 2.09 bits per heavy atom. The fourth-order valence-corrected chi connectivity index (χ4v) is 1.89. The van der Waals surface area contributed by atoms with Crippen LogP contribution in [0, 0.1) is 0 Å². The summed E-state index contributed by atoms with van der Waals surface area (Å²) in [5, 5.41) is 9.17. The molecule has 0 fully saturated rings. The van der Waals surface area contributed by atoms with Gasteiger partial charge in [0.05, 0.1) is 5.02 Å². The number of fused-ring (bicyclic) bond motifs is 1. The first kappa shape index (κ1) is 15.1. The highest BCUT2D eigenvalue weighted by Gasteiger charge is 2.32. The van der Waals surface area contributed by atoms with Gasteiger partial charge >= 0.3 is 6.36 Å². The van der Waals surface area contributed by atoms with Crippen LogP contribution in [0.25, 0.3) is 11.3 Å². The number of aromatic amines is 1. The summed E-state index contributed by atoms with van der Waals surface area (Å²) >= 11 is 5.71. The molecule has 0 saturated carbocycles. The molecule has 1 aromatic carbocycles. The predicted octanol–water partition coefficient (Wildman–Crippen LogP) is 2.60. The fourth-order valence-electron chi connectivity index (χ4n) is 1.67. The fraction of sp³-hybridized carbons (Fsp3) is 0.0909. The number of hydrogen-bond donors (Lipinski definition) is 2. The highest BCUT2D eigenvalue weighted by Crippen LogP contribution is 2.32. The zero-order chi connectivity index (χ0) is 16.6. The Morgan fingerprint density at radius 1 is 1.30 bits per heavy atom. The standard InChI is InChI=1S/C11H5ClF3N5O3/c12-5-3-4(1-2-6(5)22-11(13,14)15)16-9-10(21)18-8-7(17-9)19-23-20-8/h1-3H,(H,16,17,19)(H,18,20,21). The molecule has 0 radical (unpaired) electrons. The molecule has 120 valence electrons. The van der Waals surface area contributed by atoms with Crippen LogP contribution in [0.5, 0.6) is 5.75 Å². The van der Waals surface area contributed by atoms with E-state index in [-0.39, 0.29) is 27.8 Å². The average molecular weight is 348 g/mol. The number of ether oxygens (including phenoxy) is 1. The van der Waals surface area contributed by atoms with Gasteiger partial charge in [-0.1, -0.05) is 11.6 Å². The van der Waals surface area contributed by atoms with Gasteiger partial charge in [0.2, 0.25) is 11.3 Å². The van der Waals surface area contributed by atoms with Gasteiger partial charge in [0.1, 0.15) is 5.75 Å². The van der Waals surface area contributed by atoms with E-state index in [1.807, 2.05) is 0 Å². The Morgan fingerprint density at radius 3 is 2.78 bits per heavy atom. The molecule has 0 atom stereocenters. The molecule has 3 aromatic rings. The number of benzene rings is 1. The van der Waals surface area contributed by atoms with Crippen molar-refractivity contribution in [1.82, 2.24) is 20.3 Å². The molecule has 12 heteroatoms. The number of aromatic nitrogens is 4. The first-order valence-electron chi connectivity index (χ1n) is 5.87. The number of halogens is 4. The molecule has 2 heterocycles. The number of nitrogens with zero attached hydrogens (tertiary/aromatic N) is 3. The lowest BCUT2D eigenvalue weighted by Gasteiger charge is -2.11. The van der Waals surface area contributed by atoms with E-state index in [0.29, 0.717) is 0 Å². The SMILES string of the molecule is O=c1[nH]c2nonc2nc1Nc1ccc(OC(F)(F)F)c(Cl)c1. The minimum Gasteiger partial charge on any atom is -0.404 e. The second-order valence-electron chi connectivity index (χ2n) is 4.17. The van der Waals surface area contributed by atoms with Crippen molar-refractivity contribution in [2.24, 2.45) is 0 Å². The molecule has 0 aliphatic rings. The highest BCUT2D eigenvalue weighted by molar-refractivity contribution is 6.32. The Labute approximate surface area is 129 Å². The number of anilines is 2. The molecule has 0 aliphatic carbocycles. The molecular formula is C11H5ClF3N5O3. The van der Waals surface area contributed by atoms with E-state index in [4.69, 9.17) is 11.6 Å². The van der Waals surface area contributed by atoms with Crippen LogP contribution < -0.4 is 15.6 Å². The second-order valence-corrected chi connectivity index (χ2v) is 4.58. The molecule has 2 aromatic heterocycles. The summed E-state index contributed by atoms with van der Waals surface area (Å²) in [7, 11) is 0. The van der Waals surface area contributed by atoms with Crippen molar-refractivity contribution in [1.29, 1.82) is 0 Å². The summed E-state index contributed by atoms with van der Waals surface area (Å²) in [5.41, 5.74) is -0.291. The smallest absolute Gasteiger partial charge is 0.404 e. The van der Waals surface area contributed by atoms with Crippen LogP contribution in [0.2, 0.25) is 5.02 Å². The number of H-pyrrole nitrogens is 1. The predicted molar refractivity (Wildman–Crippen MR) is 71.6 cm³/mol. The molecule has 0 spiro atoms. The number of nitrogens with one attached hydrogen (secondary N) is 2. The van der Waals surface area contributed by atoms with E-state index in [1.165, 1.54) is 6.07 Å². The zero-order valence-corrected chi connectivity index (χ0v) is 11.6. The third-order valence-corrected chi connectivity index (χ3v) is 2.85. The van der Waals surface area contributed by atoms with Gasteiger partial charge in [-0.05, 0) is 28.5 Å². The summed E-state index contributed by atoms with van der Waals surface area (Å²) in [5.74, 6) is -0.725. The van der Waals surface area contributed by atoms with Crippen LogP contribution in [-0.2, 0) is 0 Å². The van der Waals surface area contributed by atoms with Gasteiger partial charge < -0.3 is 10.1 Å². The molecule has 0 bridgehead atoms. The Hall–Kier alpha value is -2.82. The lowest BCUT2D eigenvalue weighted by Crippen LogP contribution is -2.17. The summed E-state index contributed by atoms with van der Waals surface area (Å²) < 4.78 is 44.6. The van der Waals surface area contributed by atoms with Crippen LogP contribution in [0.15, 0.2) is 27.6 Å². The maximum Gasteiger partial charge on any atom is 0.573 e. The molecular weight excluding hydrogens is 343 g/mol. The lowest BCUT2D eigenvalue weighted by molar-refractivity contribution is -0.274. The van der Waals surface area contributed by atoms with Gasteiger partial charge in [-0.2, -0.15) is 4.98 Å². The number of alkyl halides is 3.